The maximum absolute atomic E-state index is 12.8. The summed E-state index contributed by atoms with van der Waals surface area (Å²) in [6, 6.07) is 0. The van der Waals surface area contributed by atoms with E-state index in [-0.39, 0.29) is 57.9 Å². The molecule has 17 atom stereocenters. The van der Waals surface area contributed by atoms with Gasteiger partial charge in [0.2, 0.25) is 0 Å². The Hall–Kier alpha value is -0.360. The molecule has 0 aromatic heterocycles. The molecule has 8 rings (SSSR count). The summed E-state index contributed by atoms with van der Waals surface area (Å²) in [6.07, 6.45) is 2.71. The molecule has 8 aliphatic rings. The highest BCUT2D eigenvalue weighted by molar-refractivity contribution is 5.34. The molecule has 262 valence electrons. The molecule has 3 saturated heterocycles. The monoisotopic (exact) mass is 648 g/mol. The molecule has 2 bridgehead atoms. The lowest BCUT2D eigenvalue weighted by Crippen LogP contribution is -2.61. The van der Waals surface area contributed by atoms with Crippen molar-refractivity contribution >= 4 is 0 Å². The summed E-state index contributed by atoms with van der Waals surface area (Å²) in [7, 11) is 0. The highest BCUT2D eigenvalue weighted by atomic mass is 16.8. The van der Waals surface area contributed by atoms with Crippen molar-refractivity contribution in [2.45, 2.75) is 167 Å². The standard InChI is InChI=1S/C37H60O9/c1-9-43-32(5,6)28-21-16-19(2)27-33(7)14-15-36-18-35(36)13-12-24(44-29-26(40)25(39)20(38)17-42-29)31(3,4)22(35)10-11-23(36)34(33,8)30(41)37(27,45-21)46-28/h19-30,38-41H,9-18H2,1-8H3/t19-,20-,21-,22+,23+,24+,25+,26-,27-,28-,29+,30-,33-,34-,35-,36+,37+/m1/s1. The number of fused-ring (bicyclic) bond motifs is 4. The Morgan fingerprint density at radius 2 is 1.57 bits per heavy atom. The summed E-state index contributed by atoms with van der Waals surface area (Å²) >= 11 is 0. The molecule has 3 heterocycles. The average molecular weight is 649 g/mol. The quantitative estimate of drug-likeness (QED) is 0.325. The third kappa shape index (κ3) is 3.69. The lowest BCUT2D eigenvalue weighted by atomic mass is 9.41. The number of aliphatic hydroxyl groups is 4. The molecule has 9 nitrogen and oxygen atoms in total. The van der Waals surface area contributed by atoms with Gasteiger partial charge in [-0.3, -0.25) is 0 Å². The van der Waals surface area contributed by atoms with Crippen LogP contribution in [0.25, 0.3) is 0 Å². The molecular formula is C37H60O9. The molecule has 4 N–H and O–H groups in total. The molecule has 8 fully saturated rings. The Morgan fingerprint density at radius 1 is 0.870 bits per heavy atom. The Labute approximate surface area is 275 Å². The summed E-state index contributed by atoms with van der Waals surface area (Å²) in [5, 5.41) is 43.7. The highest BCUT2D eigenvalue weighted by Crippen LogP contribution is 2.90. The van der Waals surface area contributed by atoms with Crippen molar-refractivity contribution in [2.75, 3.05) is 13.2 Å². The van der Waals surface area contributed by atoms with Crippen LogP contribution in [0, 0.1) is 50.7 Å². The van der Waals surface area contributed by atoms with Crippen molar-refractivity contribution in [3.8, 4) is 0 Å². The van der Waals surface area contributed by atoms with Gasteiger partial charge in [-0.2, -0.15) is 0 Å². The van der Waals surface area contributed by atoms with E-state index in [2.05, 4.69) is 48.5 Å². The van der Waals surface area contributed by atoms with E-state index in [4.69, 9.17) is 23.7 Å². The van der Waals surface area contributed by atoms with Crippen molar-refractivity contribution in [3.63, 3.8) is 0 Å². The zero-order valence-corrected chi connectivity index (χ0v) is 29.3. The van der Waals surface area contributed by atoms with Gasteiger partial charge in [-0.05, 0) is 112 Å². The van der Waals surface area contributed by atoms with Crippen LogP contribution in [0.2, 0.25) is 0 Å². The van der Waals surface area contributed by atoms with Crippen molar-refractivity contribution in [1.82, 2.24) is 0 Å². The highest BCUT2D eigenvalue weighted by Gasteiger charge is 2.88. The van der Waals surface area contributed by atoms with Crippen LogP contribution in [0.4, 0.5) is 0 Å². The Kier molecular flexibility index (Phi) is 7.07. The van der Waals surface area contributed by atoms with Crippen LogP contribution in [0.15, 0.2) is 0 Å². The molecule has 46 heavy (non-hydrogen) atoms. The maximum atomic E-state index is 12.8. The predicted molar refractivity (Wildman–Crippen MR) is 168 cm³/mol. The fraction of sp³-hybridized carbons (Fsp3) is 1.00. The van der Waals surface area contributed by atoms with E-state index in [0.717, 1.165) is 38.5 Å². The van der Waals surface area contributed by atoms with E-state index in [1.54, 1.807) is 0 Å². The van der Waals surface area contributed by atoms with Crippen LogP contribution in [0.1, 0.15) is 107 Å². The van der Waals surface area contributed by atoms with E-state index in [0.29, 0.717) is 24.4 Å². The molecule has 3 spiro atoms. The summed E-state index contributed by atoms with van der Waals surface area (Å²) in [5.74, 6) is 0.343. The summed E-state index contributed by atoms with van der Waals surface area (Å²) < 4.78 is 32.5. The topological polar surface area (TPSA) is 127 Å². The summed E-state index contributed by atoms with van der Waals surface area (Å²) in [4.78, 5) is 0. The van der Waals surface area contributed by atoms with Gasteiger partial charge >= 0.3 is 0 Å². The maximum Gasteiger partial charge on any atom is 0.199 e. The first-order valence-electron chi connectivity index (χ1n) is 18.5. The van der Waals surface area contributed by atoms with E-state index < -0.39 is 42.1 Å². The van der Waals surface area contributed by atoms with Crippen molar-refractivity contribution < 1.29 is 44.1 Å². The lowest BCUT2D eigenvalue weighted by Gasteiger charge is -2.63. The average Bonchev–Trinajstić information content (AvgIpc) is 3.50. The number of hydrogen-bond acceptors (Lipinski definition) is 9. The zero-order chi connectivity index (χ0) is 33.0. The van der Waals surface area contributed by atoms with Crippen molar-refractivity contribution in [1.29, 1.82) is 0 Å². The minimum absolute atomic E-state index is 0.0486. The van der Waals surface area contributed by atoms with Gasteiger partial charge in [-0.1, -0.05) is 34.6 Å². The molecule has 0 aromatic carbocycles. The predicted octanol–water partition coefficient (Wildman–Crippen LogP) is 4.17. The number of rotatable bonds is 5. The largest absolute Gasteiger partial charge is 0.388 e. The third-order valence-electron chi connectivity index (χ3n) is 16.4. The van der Waals surface area contributed by atoms with Crippen molar-refractivity contribution in [3.05, 3.63) is 0 Å². The van der Waals surface area contributed by atoms with Crippen LogP contribution in [0.5, 0.6) is 0 Å². The van der Waals surface area contributed by atoms with Gasteiger partial charge in [0.15, 0.2) is 12.1 Å². The summed E-state index contributed by atoms with van der Waals surface area (Å²) in [5.41, 5.74) is -0.714. The minimum atomic E-state index is -1.28. The molecule has 5 saturated carbocycles. The molecule has 5 aliphatic carbocycles. The third-order valence-corrected chi connectivity index (χ3v) is 16.4. The van der Waals surface area contributed by atoms with Gasteiger partial charge in [0.1, 0.15) is 30.5 Å². The van der Waals surface area contributed by atoms with Gasteiger partial charge in [0.25, 0.3) is 0 Å². The number of aliphatic hydroxyl groups excluding tert-OH is 4. The minimum Gasteiger partial charge on any atom is -0.388 e. The smallest absolute Gasteiger partial charge is 0.199 e. The second kappa shape index (κ2) is 9.91. The number of ether oxygens (including phenoxy) is 5. The van der Waals surface area contributed by atoms with E-state index in [1.165, 1.54) is 12.8 Å². The van der Waals surface area contributed by atoms with Gasteiger partial charge in [0, 0.05) is 17.9 Å². The van der Waals surface area contributed by atoms with Crippen LogP contribution in [-0.2, 0) is 23.7 Å². The van der Waals surface area contributed by atoms with Crippen LogP contribution >= 0.6 is 0 Å². The van der Waals surface area contributed by atoms with Gasteiger partial charge < -0.3 is 44.1 Å². The molecule has 0 aromatic rings. The van der Waals surface area contributed by atoms with E-state index in [1.807, 2.05) is 6.92 Å². The Balaban J connectivity index is 1.09. The first-order valence-corrected chi connectivity index (χ1v) is 18.5. The molecule has 0 unspecified atom stereocenters. The molecule has 0 radical (unpaired) electrons. The molecule has 9 heteroatoms. The zero-order valence-electron chi connectivity index (χ0n) is 29.3. The fourth-order valence-corrected chi connectivity index (χ4v) is 14.4. The van der Waals surface area contributed by atoms with Crippen molar-refractivity contribution in [2.24, 2.45) is 50.7 Å². The van der Waals surface area contributed by atoms with E-state index >= 15 is 0 Å². The SMILES string of the molecule is CCOC(C)(C)[C@@H]1O[C@@]23O[C@@H]1C[C@@H](C)[C@@H]2[C@@]1(C)CC[C@@]24C[C@@]25CC[C@H](O[C@@H]2OC[C@@H](O)[C@H](O)[C@H]2O)C(C)(C)[C@@H]5CC[C@H]4[C@]1(C)[C@H]3O. The van der Waals surface area contributed by atoms with Crippen LogP contribution in [0.3, 0.4) is 0 Å². The fourth-order valence-electron chi connectivity index (χ4n) is 14.4. The second-order valence-electron chi connectivity index (χ2n) is 18.7. The first kappa shape index (κ1) is 32.8. The Morgan fingerprint density at radius 3 is 2.28 bits per heavy atom. The first-order chi connectivity index (χ1) is 21.5. The summed E-state index contributed by atoms with van der Waals surface area (Å²) in [6.45, 7) is 18.7. The number of hydrogen-bond donors (Lipinski definition) is 4. The van der Waals surface area contributed by atoms with E-state index in [9.17, 15) is 20.4 Å². The van der Waals surface area contributed by atoms with Crippen LogP contribution < -0.4 is 0 Å². The molecular weight excluding hydrogens is 588 g/mol. The van der Waals surface area contributed by atoms with Gasteiger partial charge in [0.05, 0.1) is 24.4 Å². The normalized spacial score (nSPS) is 60.0. The van der Waals surface area contributed by atoms with Crippen LogP contribution in [-0.4, -0.2) is 94.0 Å². The molecule has 3 aliphatic heterocycles. The lowest BCUT2D eigenvalue weighted by molar-refractivity contribution is -0.303. The Bertz CT molecular complexity index is 1240. The second-order valence-corrected chi connectivity index (χ2v) is 18.7. The van der Waals surface area contributed by atoms with Gasteiger partial charge in [-0.15, -0.1) is 0 Å². The van der Waals surface area contributed by atoms with Gasteiger partial charge in [-0.25, -0.2) is 0 Å². The molecule has 0 amide bonds.